The van der Waals surface area contributed by atoms with Gasteiger partial charge in [0, 0.05) is 24.8 Å². The van der Waals surface area contributed by atoms with E-state index in [-0.39, 0.29) is 12.0 Å². The first-order valence-electron chi connectivity index (χ1n) is 7.03. The quantitative estimate of drug-likeness (QED) is 0.899. The Bertz CT molecular complexity index is 469. The van der Waals surface area contributed by atoms with Crippen LogP contribution in [0.5, 0.6) is 0 Å². The van der Waals surface area contributed by atoms with Crippen LogP contribution in [-0.4, -0.2) is 31.7 Å². The molecule has 1 aromatic rings. The minimum Gasteiger partial charge on any atom is -0.368 e. The van der Waals surface area contributed by atoms with Crippen molar-refractivity contribution in [2.24, 2.45) is 5.73 Å². The zero-order valence-corrected chi connectivity index (χ0v) is 11.0. The van der Waals surface area contributed by atoms with E-state index >= 15 is 0 Å². The summed E-state index contributed by atoms with van der Waals surface area (Å²) in [5.41, 5.74) is 7.97. The number of carbonyl (C=O) groups excluding carboxylic acids is 1. The molecule has 3 rings (SSSR count). The van der Waals surface area contributed by atoms with Gasteiger partial charge in [0.2, 0.25) is 0 Å². The molecule has 0 aromatic heterocycles. The molecule has 2 unspecified atom stereocenters. The minimum absolute atomic E-state index is 0.115. The number of fused-ring (bicyclic) bond motifs is 1. The van der Waals surface area contributed by atoms with Crippen LogP contribution >= 0.6 is 0 Å². The number of amides is 1. The predicted octanol–water partition coefficient (Wildman–Crippen LogP) is 1.64. The number of ether oxygens (including phenoxy) is 1. The SMILES string of the molecule is NCCC1CN(C(=O)C2CCCO2)c2ccccc21. The van der Waals surface area contributed by atoms with E-state index < -0.39 is 0 Å². The predicted molar refractivity (Wildman–Crippen MR) is 74.2 cm³/mol. The van der Waals surface area contributed by atoms with Crippen LogP contribution in [0.1, 0.15) is 30.7 Å². The Labute approximate surface area is 113 Å². The van der Waals surface area contributed by atoms with Crippen LogP contribution in [0.25, 0.3) is 0 Å². The summed E-state index contributed by atoms with van der Waals surface area (Å²) in [5, 5.41) is 0. The van der Waals surface area contributed by atoms with Gasteiger partial charge in [-0.25, -0.2) is 0 Å². The molecule has 2 aliphatic rings. The number of anilines is 1. The largest absolute Gasteiger partial charge is 0.368 e. The molecule has 1 amide bonds. The van der Waals surface area contributed by atoms with Crippen molar-refractivity contribution in [1.29, 1.82) is 0 Å². The molecule has 0 spiro atoms. The maximum Gasteiger partial charge on any atom is 0.256 e. The van der Waals surface area contributed by atoms with Crippen molar-refractivity contribution >= 4 is 11.6 Å². The lowest BCUT2D eigenvalue weighted by molar-refractivity contribution is -0.127. The minimum atomic E-state index is -0.246. The highest BCUT2D eigenvalue weighted by Crippen LogP contribution is 2.38. The Kier molecular flexibility index (Phi) is 3.53. The third-order valence-electron chi connectivity index (χ3n) is 4.06. The Morgan fingerprint density at radius 1 is 1.42 bits per heavy atom. The molecule has 2 N–H and O–H groups in total. The third kappa shape index (κ3) is 2.26. The van der Waals surface area contributed by atoms with E-state index in [2.05, 4.69) is 6.07 Å². The first kappa shape index (κ1) is 12.6. The van der Waals surface area contributed by atoms with Gasteiger partial charge < -0.3 is 15.4 Å². The highest BCUT2D eigenvalue weighted by atomic mass is 16.5. The molecule has 1 saturated heterocycles. The molecular weight excluding hydrogens is 240 g/mol. The Morgan fingerprint density at radius 3 is 3.00 bits per heavy atom. The van der Waals surface area contributed by atoms with Gasteiger partial charge in [0.15, 0.2) is 0 Å². The fourth-order valence-electron chi connectivity index (χ4n) is 3.10. The summed E-state index contributed by atoms with van der Waals surface area (Å²) < 4.78 is 5.52. The van der Waals surface area contributed by atoms with Crippen molar-refractivity contribution in [1.82, 2.24) is 0 Å². The highest BCUT2D eigenvalue weighted by Gasteiger charge is 2.36. The second-order valence-electron chi connectivity index (χ2n) is 5.28. The molecule has 1 aromatic carbocycles. The number of benzene rings is 1. The molecular formula is C15H20N2O2. The molecule has 2 aliphatic heterocycles. The maximum absolute atomic E-state index is 12.5. The summed E-state index contributed by atoms with van der Waals surface area (Å²) >= 11 is 0. The molecule has 2 atom stereocenters. The van der Waals surface area contributed by atoms with Gasteiger partial charge in [-0.15, -0.1) is 0 Å². The molecule has 1 fully saturated rings. The number of hydrogen-bond donors (Lipinski definition) is 1. The van der Waals surface area contributed by atoms with Gasteiger partial charge in [-0.3, -0.25) is 4.79 Å². The number of carbonyl (C=O) groups is 1. The molecule has 102 valence electrons. The van der Waals surface area contributed by atoms with Crippen LogP contribution in [0.2, 0.25) is 0 Å². The smallest absolute Gasteiger partial charge is 0.256 e. The van der Waals surface area contributed by atoms with Gasteiger partial charge >= 0.3 is 0 Å². The summed E-state index contributed by atoms with van der Waals surface area (Å²) in [4.78, 5) is 14.4. The van der Waals surface area contributed by atoms with E-state index in [0.717, 1.165) is 31.5 Å². The summed E-state index contributed by atoms with van der Waals surface area (Å²) in [7, 11) is 0. The lowest BCUT2D eigenvalue weighted by atomic mass is 9.98. The third-order valence-corrected chi connectivity index (χ3v) is 4.06. The second-order valence-corrected chi connectivity index (χ2v) is 5.28. The van der Waals surface area contributed by atoms with Crippen LogP contribution in [0.3, 0.4) is 0 Å². The number of nitrogens with zero attached hydrogens (tertiary/aromatic N) is 1. The Morgan fingerprint density at radius 2 is 2.26 bits per heavy atom. The first-order valence-corrected chi connectivity index (χ1v) is 7.03. The number of rotatable bonds is 3. The van der Waals surface area contributed by atoms with E-state index in [1.807, 2.05) is 23.1 Å². The molecule has 4 heteroatoms. The molecule has 0 saturated carbocycles. The summed E-state index contributed by atoms with van der Waals surface area (Å²) in [6, 6.07) is 8.15. The van der Waals surface area contributed by atoms with E-state index in [4.69, 9.17) is 10.5 Å². The lowest BCUT2D eigenvalue weighted by Gasteiger charge is -2.21. The zero-order chi connectivity index (χ0) is 13.2. The van der Waals surface area contributed by atoms with E-state index in [1.54, 1.807) is 0 Å². The van der Waals surface area contributed by atoms with Crippen molar-refractivity contribution < 1.29 is 9.53 Å². The Balaban J connectivity index is 1.85. The van der Waals surface area contributed by atoms with Crippen molar-refractivity contribution in [3.05, 3.63) is 29.8 Å². The first-order chi connectivity index (χ1) is 9.31. The summed E-state index contributed by atoms with van der Waals surface area (Å²) in [6.07, 6.45) is 2.51. The molecule has 0 radical (unpaired) electrons. The van der Waals surface area contributed by atoms with Gasteiger partial charge in [0.25, 0.3) is 5.91 Å². The van der Waals surface area contributed by atoms with Gasteiger partial charge in [-0.05, 0) is 37.4 Å². The fourth-order valence-corrected chi connectivity index (χ4v) is 3.10. The van der Waals surface area contributed by atoms with Crippen molar-refractivity contribution in [2.45, 2.75) is 31.3 Å². The normalized spacial score (nSPS) is 25.6. The molecule has 4 nitrogen and oxygen atoms in total. The van der Waals surface area contributed by atoms with Crippen LogP contribution in [0.4, 0.5) is 5.69 Å². The average Bonchev–Trinajstić information content (AvgIpc) is 3.07. The summed E-state index contributed by atoms with van der Waals surface area (Å²) in [6.45, 7) is 2.11. The standard InChI is InChI=1S/C15H20N2O2/c16-8-7-11-10-17(13-5-2-1-4-12(11)13)15(18)14-6-3-9-19-14/h1-2,4-5,11,14H,3,6-10,16H2. The van der Waals surface area contributed by atoms with Gasteiger partial charge in [-0.1, -0.05) is 18.2 Å². The monoisotopic (exact) mass is 260 g/mol. The maximum atomic E-state index is 12.5. The fraction of sp³-hybridized carbons (Fsp3) is 0.533. The zero-order valence-electron chi connectivity index (χ0n) is 11.0. The molecule has 19 heavy (non-hydrogen) atoms. The topological polar surface area (TPSA) is 55.6 Å². The number of hydrogen-bond acceptors (Lipinski definition) is 3. The molecule has 0 bridgehead atoms. The molecule has 2 heterocycles. The molecule has 0 aliphatic carbocycles. The number of nitrogens with two attached hydrogens (primary N) is 1. The van der Waals surface area contributed by atoms with Crippen molar-refractivity contribution in [2.75, 3.05) is 24.6 Å². The Hall–Kier alpha value is -1.39. The van der Waals surface area contributed by atoms with Crippen LogP contribution in [0.15, 0.2) is 24.3 Å². The van der Waals surface area contributed by atoms with Gasteiger partial charge in [-0.2, -0.15) is 0 Å². The van der Waals surface area contributed by atoms with Crippen LogP contribution in [0, 0.1) is 0 Å². The van der Waals surface area contributed by atoms with Crippen LogP contribution < -0.4 is 10.6 Å². The van der Waals surface area contributed by atoms with E-state index in [0.29, 0.717) is 19.1 Å². The van der Waals surface area contributed by atoms with Gasteiger partial charge in [0.05, 0.1) is 0 Å². The average molecular weight is 260 g/mol. The van der Waals surface area contributed by atoms with Crippen molar-refractivity contribution in [3.8, 4) is 0 Å². The lowest BCUT2D eigenvalue weighted by Crippen LogP contribution is -2.38. The number of para-hydroxylation sites is 1. The van der Waals surface area contributed by atoms with E-state index in [9.17, 15) is 4.79 Å². The summed E-state index contributed by atoms with van der Waals surface area (Å²) in [5.74, 6) is 0.482. The van der Waals surface area contributed by atoms with Crippen molar-refractivity contribution in [3.63, 3.8) is 0 Å². The second kappa shape index (κ2) is 5.31. The van der Waals surface area contributed by atoms with Crippen LogP contribution in [-0.2, 0) is 9.53 Å². The highest BCUT2D eigenvalue weighted by molar-refractivity contribution is 5.98. The van der Waals surface area contributed by atoms with Gasteiger partial charge in [0.1, 0.15) is 6.10 Å². The van der Waals surface area contributed by atoms with E-state index in [1.165, 1.54) is 5.56 Å².